The van der Waals surface area contributed by atoms with Crippen LogP contribution in [0.2, 0.25) is 0 Å². The van der Waals surface area contributed by atoms with Gasteiger partial charge in [-0.3, -0.25) is 4.79 Å². The summed E-state index contributed by atoms with van der Waals surface area (Å²) < 4.78 is 0. The van der Waals surface area contributed by atoms with Crippen LogP contribution in [-0.4, -0.2) is 4.98 Å². The second-order valence-electron chi connectivity index (χ2n) is 2.41. The fraction of sp³-hybridized carbons (Fsp3) is 0.286. The van der Waals surface area contributed by atoms with Gasteiger partial charge in [-0.25, -0.2) is 0 Å². The average Bonchev–Trinajstić information content (AvgIpc) is 1.97. The van der Waals surface area contributed by atoms with Gasteiger partial charge in [0.1, 0.15) is 0 Å². The summed E-state index contributed by atoms with van der Waals surface area (Å²) in [6.07, 6.45) is 0. The van der Waals surface area contributed by atoms with E-state index in [-0.39, 0.29) is 12.1 Å². The molecule has 5 N–H and O–H groups in total. The molecule has 0 unspecified atom stereocenters. The number of aromatic nitrogens is 1. The van der Waals surface area contributed by atoms with Gasteiger partial charge in [-0.1, -0.05) is 0 Å². The molecule has 0 spiro atoms. The van der Waals surface area contributed by atoms with Crippen LogP contribution in [0.3, 0.4) is 0 Å². The van der Waals surface area contributed by atoms with Gasteiger partial charge in [0.25, 0.3) is 5.56 Å². The molecule has 0 aliphatic heterocycles. The fourth-order valence-corrected chi connectivity index (χ4v) is 0.836. The third kappa shape index (κ3) is 1.40. The molecule has 0 aliphatic rings. The Balaban J connectivity index is 3.32. The summed E-state index contributed by atoms with van der Waals surface area (Å²) >= 11 is 0. The highest BCUT2D eigenvalue weighted by Crippen LogP contribution is 2.04. The molecule has 0 atom stereocenters. The molecule has 0 saturated carbocycles. The minimum absolute atomic E-state index is 0.154. The largest absolute Gasteiger partial charge is 0.397 e. The van der Waals surface area contributed by atoms with E-state index in [4.69, 9.17) is 11.5 Å². The summed E-state index contributed by atoms with van der Waals surface area (Å²) in [6.45, 7) is 1.97. The van der Waals surface area contributed by atoms with E-state index in [1.165, 1.54) is 0 Å². The maximum Gasteiger partial charge on any atom is 0.252 e. The predicted molar refractivity (Wildman–Crippen MR) is 44.1 cm³/mol. The first-order chi connectivity index (χ1) is 5.15. The summed E-state index contributed by atoms with van der Waals surface area (Å²) in [6, 6.07) is 1.61. The molecule has 11 heavy (non-hydrogen) atoms. The summed E-state index contributed by atoms with van der Waals surface area (Å²) in [5, 5.41) is 0. The number of nitrogens with one attached hydrogen (secondary N) is 1. The monoisotopic (exact) mass is 153 g/mol. The van der Waals surface area contributed by atoms with Crippen molar-refractivity contribution in [3.05, 3.63) is 27.7 Å². The second-order valence-corrected chi connectivity index (χ2v) is 2.41. The van der Waals surface area contributed by atoms with E-state index in [1.54, 1.807) is 13.0 Å². The number of anilines is 1. The molecule has 1 rings (SSSR count). The minimum atomic E-state index is -0.154. The molecule has 0 radical (unpaired) electrons. The molecule has 0 amide bonds. The number of rotatable bonds is 1. The zero-order valence-electron chi connectivity index (χ0n) is 6.35. The topological polar surface area (TPSA) is 84.9 Å². The van der Waals surface area contributed by atoms with Gasteiger partial charge in [-0.2, -0.15) is 0 Å². The summed E-state index contributed by atoms with van der Waals surface area (Å²) in [7, 11) is 0. The first-order valence-electron chi connectivity index (χ1n) is 3.33. The molecule has 4 nitrogen and oxygen atoms in total. The van der Waals surface area contributed by atoms with Crippen LogP contribution in [0.1, 0.15) is 11.3 Å². The number of hydrogen-bond donors (Lipinski definition) is 3. The molecular formula is C7H11N3O. The maximum atomic E-state index is 11.0. The molecule has 60 valence electrons. The highest BCUT2D eigenvalue weighted by molar-refractivity contribution is 5.43. The number of pyridine rings is 1. The molecule has 0 saturated heterocycles. The Hall–Kier alpha value is -1.29. The lowest BCUT2D eigenvalue weighted by Crippen LogP contribution is -2.17. The van der Waals surface area contributed by atoms with E-state index in [2.05, 4.69) is 4.98 Å². The van der Waals surface area contributed by atoms with Gasteiger partial charge in [-0.15, -0.1) is 0 Å². The standard InChI is InChI=1S/C7H11N3O/c1-4-6(9)2-5(3-8)7(11)10-4/h2H,3,8-9H2,1H3,(H,10,11). The van der Waals surface area contributed by atoms with Crippen molar-refractivity contribution < 1.29 is 0 Å². The van der Waals surface area contributed by atoms with E-state index >= 15 is 0 Å². The van der Waals surface area contributed by atoms with Crippen LogP contribution in [0.25, 0.3) is 0 Å². The second kappa shape index (κ2) is 2.75. The number of H-pyrrole nitrogens is 1. The average molecular weight is 153 g/mol. The van der Waals surface area contributed by atoms with Crippen molar-refractivity contribution in [1.82, 2.24) is 4.98 Å². The lowest BCUT2D eigenvalue weighted by Gasteiger charge is -2.00. The molecule has 0 bridgehead atoms. The summed E-state index contributed by atoms with van der Waals surface area (Å²) in [4.78, 5) is 13.6. The fourth-order valence-electron chi connectivity index (χ4n) is 0.836. The van der Waals surface area contributed by atoms with Crippen molar-refractivity contribution >= 4 is 5.69 Å². The predicted octanol–water partition coefficient (Wildman–Crippen LogP) is -0.276. The number of nitrogen functional groups attached to an aromatic ring is 1. The van der Waals surface area contributed by atoms with E-state index in [0.29, 0.717) is 16.9 Å². The molecule has 1 aromatic heterocycles. The Morgan fingerprint density at radius 3 is 2.82 bits per heavy atom. The van der Waals surface area contributed by atoms with Gasteiger partial charge >= 0.3 is 0 Å². The molecule has 0 aromatic carbocycles. The molecule has 0 aliphatic carbocycles. The van der Waals surface area contributed by atoms with Gasteiger partial charge < -0.3 is 16.5 Å². The SMILES string of the molecule is Cc1[nH]c(=O)c(CN)cc1N. The third-order valence-electron chi connectivity index (χ3n) is 1.58. The van der Waals surface area contributed by atoms with Crippen molar-refractivity contribution in [1.29, 1.82) is 0 Å². The third-order valence-corrected chi connectivity index (χ3v) is 1.58. The number of nitrogens with two attached hydrogens (primary N) is 2. The quantitative estimate of drug-likeness (QED) is 0.519. The Bertz CT molecular complexity index is 316. The van der Waals surface area contributed by atoms with E-state index in [1.807, 2.05) is 0 Å². The van der Waals surface area contributed by atoms with Crippen molar-refractivity contribution in [2.24, 2.45) is 5.73 Å². The van der Waals surface area contributed by atoms with Crippen molar-refractivity contribution in [3.8, 4) is 0 Å². The van der Waals surface area contributed by atoms with E-state index < -0.39 is 0 Å². The highest BCUT2D eigenvalue weighted by atomic mass is 16.1. The van der Waals surface area contributed by atoms with Crippen LogP contribution in [-0.2, 0) is 6.54 Å². The van der Waals surface area contributed by atoms with Crippen LogP contribution in [0.4, 0.5) is 5.69 Å². The highest BCUT2D eigenvalue weighted by Gasteiger charge is 1.99. The first kappa shape index (κ1) is 7.81. The zero-order valence-corrected chi connectivity index (χ0v) is 6.35. The van der Waals surface area contributed by atoms with Crippen LogP contribution >= 0.6 is 0 Å². The molecule has 0 fully saturated rings. The van der Waals surface area contributed by atoms with Gasteiger partial charge in [-0.05, 0) is 13.0 Å². The van der Waals surface area contributed by atoms with Crippen LogP contribution in [0, 0.1) is 6.92 Å². The smallest absolute Gasteiger partial charge is 0.252 e. The van der Waals surface area contributed by atoms with E-state index in [0.717, 1.165) is 0 Å². The van der Waals surface area contributed by atoms with Crippen molar-refractivity contribution in [3.63, 3.8) is 0 Å². The van der Waals surface area contributed by atoms with E-state index in [9.17, 15) is 4.79 Å². The summed E-state index contributed by atoms with van der Waals surface area (Å²) in [5.74, 6) is 0. The Labute approximate surface area is 64.2 Å². The molecule has 1 heterocycles. The Morgan fingerprint density at radius 2 is 2.27 bits per heavy atom. The van der Waals surface area contributed by atoms with Gasteiger partial charge in [0.05, 0.1) is 5.69 Å². The zero-order chi connectivity index (χ0) is 8.43. The Kier molecular flexibility index (Phi) is 1.96. The Morgan fingerprint density at radius 1 is 1.64 bits per heavy atom. The van der Waals surface area contributed by atoms with Crippen molar-refractivity contribution in [2.75, 3.05) is 5.73 Å². The number of aryl methyl sites for hydroxylation is 1. The van der Waals surface area contributed by atoms with Gasteiger partial charge in [0.15, 0.2) is 0 Å². The molecular weight excluding hydrogens is 142 g/mol. The van der Waals surface area contributed by atoms with Crippen LogP contribution in [0.5, 0.6) is 0 Å². The van der Waals surface area contributed by atoms with Crippen LogP contribution in [0.15, 0.2) is 10.9 Å². The molecule has 4 heteroatoms. The van der Waals surface area contributed by atoms with Gasteiger partial charge in [0, 0.05) is 17.8 Å². The lowest BCUT2D eigenvalue weighted by atomic mass is 10.2. The summed E-state index contributed by atoms with van der Waals surface area (Å²) in [5.41, 5.74) is 12.5. The molecule has 1 aromatic rings. The normalized spacial score (nSPS) is 10.0. The lowest BCUT2D eigenvalue weighted by molar-refractivity contribution is 1.00. The van der Waals surface area contributed by atoms with Crippen molar-refractivity contribution in [2.45, 2.75) is 13.5 Å². The number of hydrogen-bond acceptors (Lipinski definition) is 3. The van der Waals surface area contributed by atoms with Crippen LogP contribution < -0.4 is 17.0 Å². The minimum Gasteiger partial charge on any atom is -0.397 e. The van der Waals surface area contributed by atoms with Gasteiger partial charge in [0.2, 0.25) is 0 Å². The first-order valence-corrected chi connectivity index (χ1v) is 3.33. The maximum absolute atomic E-state index is 11.0. The number of aromatic amines is 1.